The Labute approximate surface area is 179 Å². The highest BCUT2D eigenvalue weighted by molar-refractivity contribution is 5.86. The Hall–Kier alpha value is -1.65. The zero-order valence-electron chi connectivity index (χ0n) is 18.9. The van der Waals surface area contributed by atoms with Crippen molar-refractivity contribution in [3.8, 4) is 0 Å². The van der Waals surface area contributed by atoms with E-state index in [1.807, 2.05) is 0 Å². The molecule has 30 heavy (non-hydrogen) atoms. The van der Waals surface area contributed by atoms with Crippen molar-refractivity contribution in [2.24, 2.45) is 34.5 Å². The van der Waals surface area contributed by atoms with Crippen LogP contribution in [0.5, 0.6) is 0 Å². The first-order valence-corrected chi connectivity index (χ1v) is 11.7. The van der Waals surface area contributed by atoms with Crippen LogP contribution < -0.4 is 0 Å². The van der Waals surface area contributed by atoms with Crippen LogP contribution >= 0.6 is 0 Å². The Bertz CT molecular complexity index is 770. The normalized spacial score (nSPS) is 42.3. The van der Waals surface area contributed by atoms with E-state index in [-0.39, 0.29) is 41.8 Å². The predicted octanol–water partition coefficient (Wildman–Crippen LogP) is 4.63. The monoisotopic (exact) mass is 416 g/mol. The highest BCUT2D eigenvalue weighted by atomic mass is 16.5. The number of ketones is 1. The molecule has 0 unspecified atom stereocenters. The molecule has 0 N–H and O–H groups in total. The van der Waals surface area contributed by atoms with Gasteiger partial charge in [-0.3, -0.25) is 14.4 Å². The molecule has 0 radical (unpaired) electrons. The molecular formula is C25H36O5. The Kier molecular flexibility index (Phi) is 5.61. The molecule has 0 saturated heterocycles. The smallest absolute Gasteiger partial charge is 0.303 e. The molecule has 3 fully saturated rings. The van der Waals surface area contributed by atoms with Crippen LogP contribution in [0, 0.1) is 34.5 Å². The zero-order chi connectivity index (χ0) is 21.7. The van der Waals surface area contributed by atoms with Crippen LogP contribution in [-0.2, 0) is 23.9 Å². The first-order chi connectivity index (χ1) is 14.1. The number of Topliss-reactive ketones (excluding diaryl/α,β-unsaturated/α-hetero) is 1. The zero-order valence-corrected chi connectivity index (χ0v) is 18.9. The number of carbonyl (C=O) groups is 3. The lowest BCUT2D eigenvalue weighted by Gasteiger charge is -2.59. The minimum absolute atomic E-state index is 0.0574. The average molecular weight is 417 g/mol. The second-order valence-electron chi connectivity index (χ2n) is 10.6. The molecule has 3 saturated carbocycles. The second kappa shape index (κ2) is 7.80. The van der Waals surface area contributed by atoms with E-state index in [1.165, 1.54) is 32.3 Å². The summed E-state index contributed by atoms with van der Waals surface area (Å²) in [6, 6.07) is 0. The van der Waals surface area contributed by atoms with Gasteiger partial charge in [0, 0.05) is 19.8 Å². The number of hydrogen-bond acceptors (Lipinski definition) is 5. The van der Waals surface area contributed by atoms with Gasteiger partial charge in [0.05, 0.1) is 0 Å². The molecule has 0 aliphatic heterocycles. The van der Waals surface area contributed by atoms with Gasteiger partial charge in [-0.2, -0.15) is 0 Å². The van der Waals surface area contributed by atoms with Crippen LogP contribution in [0.2, 0.25) is 0 Å². The van der Waals surface area contributed by atoms with Gasteiger partial charge in [-0.25, -0.2) is 0 Å². The number of allylic oxidation sites excluding steroid dienone is 2. The molecule has 0 spiro atoms. The number of fused-ring (bicyclic) bond motifs is 5. The minimum Gasteiger partial charge on any atom is -0.463 e. The van der Waals surface area contributed by atoms with Gasteiger partial charge in [-0.15, -0.1) is 0 Å². The van der Waals surface area contributed by atoms with E-state index in [4.69, 9.17) is 9.47 Å². The van der Waals surface area contributed by atoms with Crippen LogP contribution in [0.25, 0.3) is 0 Å². The van der Waals surface area contributed by atoms with E-state index in [2.05, 4.69) is 19.9 Å². The summed E-state index contributed by atoms with van der Waals surface area (Å²) in [7, 11) is 0. The van der Waals surface area contributed by atoms with Gasteiger partial charge in [0.1, 0.15) is 12.7 Å². The van der Waals surface area contributed by atoms with Crippen molar-refractivity contribution in [2.75, 3.05) is 6.61 Å². The third-order valence-corrected chi connectivity index (χ3v) is 9.16. The lowest BCUT2D eigenvalue weighted by molar-refractivity contribution is -0.155. The Morgan fingerprint density at radius 2 is 1.80 bits per heavy atom. The van der Waals surface area contributed by atoms with E-state index in [9.17, 15) is 14.4 Å². The molecule has 7 atom stereocenters. The summed E-state index contributed by atoms with van der Waals surface area (Å²) in [5.41, 5.74) is 1.71. The molecule has 5 heteroatoms. The highest BCUT2D eigenvalue weighted by Crippen LogP contribution is 2.66. The van der Waals surface area contributed by atoms with Gasteiger partial charge in [0.2, 0.25) is 0 Å². The summed E-state index contributed by atoms with van der Waals surface area (Å²) >= 11 is 0. The number of carbonyl (C=O) groups excluding carboxylic acids is 3. The maximum atomic E-state index is 12.8. The molecular weight excluding hydrogens is 380 g/mol. The molecule has 4 rings (SSSR count). The first-order valence-electron chi connectivity index (χ1n) is 11.7. The lowest BCUT2D eigenvalue weighted by atomic mass is 9.46. The predicted molar refractivity (Wildman–Crippen MR) is 112 cm³/mol. The quantitative estimate of drug-likeness (QED) is 0.494. The highest BCUT2D eigenvalue weighted by Gasteiger charge is 2.58. The van der Waals surface area contributed by atoms with Gasteiger partial charge >= 0.3 is 11.9 Å². The number of esters is 2. The standard InChI is InChI=1S/C25H36O5/c1-15(26)29-14-23(28)22-8-7-20-19-6-5-17-13-18(30-16(2)27)9-11-24(17,3)21(19)10-12-25(20,22)4/h7,17-19,21-22H,5-6,8-14H2,1-4H3/t17-,18-,19-,21-,22+,24-,25-/m0/s1. The summed E-state index contributed by atoms with van der Waals surface area (Å²) in [5.74, 6) is 1.28. The Morgan fingerprint density at radius 3 is 2.50 bits per heavy atom. The van der Waals surface area contributed by atoms with Crippen LogP contribution in [0.15, 0.2) is 11.6 Å². The van der Waals surface area contributed by atoms with E-state index in [1.54, 1.807) is 0 Å². The van der Waals surface area contributed by atoms with Crippen molar-refractivity contribution in [1.82, 2.24) is 0 Å². The van der Waals surface area contributed by atoms with Crippen molar-refractivity contribution >= 4 is 17.7 Å². The first kappa shape index (κ1) is 21.6. The lowest BCUT2D eigenvalue weighted by Crippen LogP contribution is -2.52. The Balaban J connectivity index is 1.49. The van der Waals surface area contributed by atoms with Gasteiger partial charge in [-0.1, -0.05) is 25.5 Å². The summed E-state index contributed by atoms with van der Waals surface area (Å²) in [6.07, 6.45) is 10.8. The fraction of sp³-hybridized carbons (Fsp3) is 0.800. The van der Waals surface area contributed by atoms with Crippen molar-refractivity contribution in [1.29, 1.82) is 0 Å². The number of ether oxygens (including phenoxy) is 2. The fourth-order valence-electron chi connectivity index (χ4n) is 7.65. The maximum Gasteiger partial charge on any atom is 0.303 e. The van der Waals surface area contributed by atoms with E-state index in [0.29, 0.717) is 23.2 Å². The molecule has 4 aliphatic rings. The van der Waals surface area contributed by atoms with Crippen molar-refractivity contribution in [3.05, 3.63) is 11.6 Å². The number of hydrogen-bond donors (Lipinski definition) is 0. The van der Waals surface area contributed by atoms with Crippen molar-refractivity contribution in [3.63, 3.8) is 0 Å². The molecule has 5 nitrogen and oxygen atoms in total. The third kappa shape index (κ3) is 3.52. The van der Waals surface area contributed by atoms with E-state index in [0.717, 1.165) is 38.5 Å². The third-order valence-electron chi connectivity index (χ3n) is 9.16. The molecule has 0 heterocycles. The maximum absolute atomic E-state index is 12.8. The van der Waals surface area contributed by atoms with Gasteiger partial charge < -0.3 is 9.47 Å². The van der Waals surface area contributed by atoms with Crippen LogP contribution in [0.1, 0.15) is 79.1 Å². The average Bonchev–Trinajstić information content (AvgIpc) is 3.03. The second-order valence-corrected chi connectivity index (χ2v) is 10.6. The Morgan fingerprint density at radius 1 is 1.03 bits per heavy atom. The molecule has 0 amide bonds. The van der Waals surface area contributed by atoms with Gasteiger partial charge in [-0.05, 0) is 80.0 Å². The number of rotatable bonds is 4. The summed E-state index contributed by atoms with van der Waals surface area (Å²) in [4.78, 5) is 35.4. The fourth-order valence-corrected chi connectivity index (χ4v) is 7.65. The molecule has 4 aliphatic carbocycles. The van der Waals surface area contributed by atoms with Crippen LogP contribution in [0.3, 0.4) is 0 Å². The van der Waals surface area contributed by atoms with E-state index < -0.39 is 0 Å². The van der Waals surface area contributed by atoms with Crippen molar-refractivity contribution < 1.29 is 23.9 Å². The van der Waals surface area contributed by atoms with Crippen molar-refractivity contribution in [2.45, 2.75) is 85.2 Å². The molecule has 0 aromatic carbocycles. The van der Waals surface area contributed by atoms with E-state index >= 15 is 0 Å². The van der Waals surface area contributed by atoms with Gasteiger partial charge in [0.15, 0.2) is 5.78 Å². The molecule has 0 aromatic rings. The molecule has 0 aromatic heterocycles. The molecule has 0 bridgehead atoms. The molecule has 166 valence electrons. The topological polar surface area (TPSA) is 69.7 Å². The summed E-state index contributed by atoms with van der Waals surface area (Å²) in [6.45, 7) is 7.51. The minimum atomic E-state index is -0.390. The largest absolute Gasteiger partial charge is 0.463 e. The SMILES string of the molecule is CC(=O)OCC(=O)[C@H]1CC=C2[C@@H]3CC[C@H]4C[C@@H](OC(C)=O)CC[C@]4(C)[C@H]3CC[C@@]21C. The van der Waals surface area contributed by atoms with Crippen LogP contribution in [-0.4, -0.2) is 30.4 Å². The summed E-state index contributed by atoms with van der Waals surface area (Å²) in [5, 5.41) is 0. The van der Waals surface area contributed by atoms with Gasteiger partial charge in [0.25, 0.3) is 0 Å². The summed E-state index contributed by atoms with van der Waals surface area (Å²) < 4.78 is 10.6. The van der Waals surface area contributed by atoms with Crippen LogP contribution in [0.4, 0.5) is 0 Å².